The van der Waals surface area contributed by atoms with Crippen LogP contribution in [0, 0.1) is 0 Å². The van der Waals surface area contributed by atoms with E-state index in [1.165, 1.54) is 19.3 Å². The van der Waals surface area contributed by atoms with E-state index in [0.29, 0.717) is 13.0 Å². The Hall–Kier alpha value is -0.610. The van der Waals surface area contributed by atoms with E-state index in [1.807, 2.05) is 6.92 Å². The van der Waals surface area contributed by atoms with Crippen molar-refractivity contribution in [3.63, 3.8) is 0 Å². The Bertz CT molecular complexity index is 234. The van der Waals surface area contributed by atoms with Crippen LogP contribution in [0.4, 0.5) is 0 Å². The minimum Gasteiger partial charge on any atom is -0.480 e. The molecule has 4 nitrogen and oxygen atoms in total. The van der Waals surface area contributed by atoms with Crippen LogP contribution in [0.2, 0.25) is 0 Å². The summed E-state index contributed by atoms with van der Waals surface area (Å²) in [5.41, 5.74) is -0.779. The molecule has 1 unspecified atom stereocenters. The van der Waals surface area contributed by atoms with Gasteiger partial charge in [0.15, 0.2) is 0 Å². The number of carbonyl (C=O) groups is 1. The third kappa shape index (κ3) is 6.97. The van der Waals surface area contributed by atoms with Crippen molar-refractivity contribution in [1.82, 2.24) is 10.2 Å². The van der Waals surface area contributed by atoms with E-state index < -0.39 is 11.5 Å². The predicted molar refractivity (Wildman–Crippen MR) is 76.0 cm³/mol. The van der Waals surface area contributed by atoms with E-state index in [4.69, 9.17) is 0 Å². The van der Waals surface area contributed by atoms with Gasteiger partial charge >= 0.3 is 5.97 Å². The van der Waals surface area contributed by atoms with Crippen molar-refractivity contribution in [2.45, 2.75) is 58.4 Å². The molecule has 1 atom stereocenters. The van der Waals surface area contributed by atoms with Crippen LogP contribution >= 0.6 is 0 Å². The minimum absolute atomic E-state index is 0.675. The van der Waals surface area contributed by atoms with Crippen LogP contribution in [-0.4, -0.2) is 48.2 Å². The van der Waals surface area contributed by atoms with Crippen LogP contribution in [0.5, 0.6) is 0 Å². The Balaban J connectivity index is 3.88. The van der Waals surface area contributed by atoms with Crippen molar-refractivity contribution in [1.29, 1.82) is 0 Å². The number of rotatable bonds is 11. The Labute approximate surface area is 112 Å². The molecule has 0 fully saturated rings. The van der Waals surface area contributed by atoms with Crippen molar-refractivity contribution in [3.05, 3.63) is 0 Å². The molecular formula is C14H30N2O2. The fourth-order valence-corrected chi connectivity index (χ4v) is 2.11. The van der Waals surface area contributed by atoms with Crippen LogP contribution < -0.4 is 5.32 Å². The molecule has 0 aromatic rings. The van der Waals surface area contributed by atoms with Crippen molar-refractivity contribution < 1.29 is 9.90 Å². The highest BCUT2D eigenvalue weighted by Crippen LogP contribution is 2.13. The maximum Gasteiger partial charge on any atom is 0.323 e. The third-order valence-corrected chi connectivity index (χ3v) is 3.40. The normalized spacial score (nSPS) is 14.7. The predicted octanol–water partition coefficient (Wildman–Crippen LogP) is 2.34. The quantitative estimate of drug-likeness (QED) is 0.559. The average Bonchev–Trinajstić information content (AvgIpc) is 2.29. The third-order valence-electron chi connectivity index (χ3n) is 3.40. The Morgan fingerprint density at radius 2 is 1.83 bits per heavy atom. The highest BCUT2D eigenvalue weighted by Gasteiger charge is 2.31. The van der Waals surface area contributed by atoms with Crippen molar-refractivity contribution in [3.8, 4) is 0 Å². The topological polar surface area (TPSA) is 52.6 Å². The van der Waals surface area contributed by atoms with Gasteiger partial charge in [0, 0.05) is 0 Å². The van der Waals surface area contributed by atoms with Crippen molar-refractivity contribution in [2.75, 3.05) is 26.7 Å². The summed E-state index contributed by atoms with van der Waals surface area (Å²) in [6, 6.07) is 0. The lowest BCUT2D eigenvalue weighted by molar-refractivity contribution is -0.144. The monoisotopic (exact) mass is 258 g/mol. The second-order valence-electron chi connectivity index (χ2n) is 5.28. The Morgan fingerprint density at radius 3 is 2.33 bits per heavy atom. The van der Waals surface area contributed by atoms with Crippen molar-refractivity contribution >= 4 is 5.97 Å². The van der Waals surface area contributed by atoms with E-state index >= 15 is 0 Å². The van der Waals surface area contributed by atoms with E-state index in [9.17, 15) is 9.90 Å². The zero-order chi connectivity index (χ0) is 14.0. The van der Waals surface area contributed by atoms with Gasteiger partial charge < -0.3 is 15.3 Å². The van der Waals surface area contributed by atoms with Gasteiger partial charge in [-0.2, -0.15) is 0 Å². The molecule has 0 saturated heterocycles. The molecule has 0 bridgehead atoms. The zero-order valence-corrected chi connectivity index (χ0v) is 12.5. The molecule has 0 rings (SSSR count). The number of hydrogen-bond acceptors (Lipinski definition) is 3. The number of hydrogen-bond donors (Lipinski definition) is 2. The van der Waals surface area contributed by atoms with Crippen LogP contribution in [0.1, 0.15) is 52.9 Å². The van der Waals surface area contributed by atoms with Gasteiger partial charge in [-0.3, -0.25) is 4.79 Å². The number of likely N-dealkylation sites (N-methyl/N-ethyl adjacent to an activating group) is 1. The molecule has 0 amide bonds. The maximum absolute atomic E-state index is 11.2. The van der Waals surface area contributed by atoms with E-state index in [1.54, 1.807) is 6.92 Å². The highest BCUT2D eigenvalue weighted by atomic mass is 16.4. The minimum atomic E-state index is -0.779. The van der Waals surface area contributed by atoms with E-state index in [-0.39, 0.29) is 0 Å². The summed E-state index contributed by atoms with van der Waals surface area (Å²) < 4.78 is 0. The molecule has 0 aromatic carbocycles. The van der Waals surface area contributed by atoms with Crippen LogP contribution in [-0.2, 0) is 4.79 Å². The smallest absolute Gasteiger partial charge is 0.323 e. The molecule has 0 heterocycles. The SMILES string of the molecule is CCCCCN(C)CCCC(C)(NCC)C(=O)O. The van der Waals surface area contributed by atoms with Gasteiger partial charge in [-0.1, -0.05) is 26.7 Å². The summed E-state index contributed by atoms with van der Waals surface area (Å²) in [6.07, 6.45) is 5.34. The molecule has 0 aliphatic heterocycles. The molecule has 0 saturated carbocycles. The molecule has 0 aromatic heterocycles. The lowest BCUT2D eigenvalue weighted by Gasteiger charge is -2.26. The second-order valence-corrected chi connectivity index (χ2v) is 5.28. The molecule has 4 heteroatoms. The van der Waals surface area contributed by atoms with Crippen LogP contribution in [0.3, 0.4) is 0 Å². The summed E-state index contributed by atoms with van der Waals surface area (Å²) in [7, 11) is 2.11. The largest absolute Gasteiger partial charge is 0.480 e. The number of nitrogens with zero attached hydrogens (tertiary/aromatic N) is 1. The molecule has 18 heavy (non-hydrogen) atoms. The number of carboxylic acids is 1. The van der Waals surface area contributed by atoms with E-state index in [2.05, 4.69) is 24.2 Å². The maximum atomic E-state index is 11.2. The molecule has 0 radical (unpaired) electrons. The van der Waals surface area contributed by atoms with Crippen LogP contribution in [0.25, 0.3) is 0 Å². The van der Waals surface area contributed by atoms with Gasteiger partial charge in [0.05, 0.1) is 0 Å². The number of carboxylic acid groups (broad SMARTS) is 1. The fraction of sp³-hybridized carbons (Fsp3) is 0.929. The first kappa shape index (κ1) is 17.4. The summed E-state index contributed by atoms with van der Waals surface area (Å²) in [5.74, 6) is -0.752. The molecule has 108 valence electrons. The average molecular weight is 258 g/mol. The fourth-order valence-electron chi connectivity index (χ4n) is 2.11. The first-order valence-corrected chi connectivity index (χ1v) is 7.13. The number of aliphatic carboxylic acids is 1. The molecule has 0 spiro atoms. The number of nitrogens with one attached hydrogen (secondary N) is 1. The first-order chi connectivity index (χ1) is 8.46. The summed E-state index contributed by atoms with van der Waals surface area (Å²) >= 11 is 0. The lowest BCUT2D eigenvalue weighted by Crippen LogP contribution is -2.49. The van der Waals surface area contributed by atoms with Gasteiger partial charge in [0.1, 0.15) is 5.54 Å². The standard InChI is InChI=1S/C14H30N2O2/c1-5-7-8-11-16(4)12-9-10-14(3,13(17)18)15-6-2/h15H,5-12H2,1-4H3,(H,17,18). The van der Waals surface area contributed by atoms with Gasteiger partial charge in [0.2, 0.25) is 0 Å². The molecule has 2 N–H and O–H groups in total. The molecule has 0 aliphatic rings. The summed E-state index contributed by atoms with van der Waals surface area (Å²) in [6.45, 7) is 8.69. The summed E-state index contributed by atoms with van der Waals surface area (Å²) in [5, 5.41) is 12.3. The number of unbranched alkanes of at least 4 members (excludes halogenated alkanes) is 2. The van der Waals surface area contributed by atoms with Gasteiger partial charge in [-0.25, -0.2) is 0 Å². The molecular weight excluding hydrogens is 228 g/mol. The Morgan fingerprint density at radius 1 is 1.22 bits per heavy atom. The summed E-state index contributed by atoms with van der Waals surface area (Å²) in [4.78, 5) is 13.5. The van der Waals surface area contributed by atoms with E-state index in [0.717, 1.165) is 19.5 Å². The highest BCUT2D eigenvalue weighted by molar-refractivity contribution is 5.78. The van der Waals surface area contributed by atoms with Crippen LogP contribution in [0.15, 0.2) is 0 Å². The van der Waals surface area contributed by atoms with Gasteiger partial charge in [-0.05, 0) is 52.9 Å². The van der Waals surface area contributed by atoms with Crippen molar-refractivity contribution in [2.24, 2.45) is 0 Å². The second kappa shape index (κ2) is 9.34. The zero-order valence-electron chi connectivity index (χ0n) is 12.5. The van der Waals surface area contributed by atoms with Gasteiger partial charge in [-0.15, -0.1) is 0 Å². The first-order valence-electron chi connectivity index (χ1n) is 7.13. The molecule has 0 aliphatic carbocycles. The Kier molecular flexibility index (Phi) is 9.02. The lowest BCUT2D eigenvalue weighted by atomic mass is 9.95. The van der Waals surface area contributed by atoms with Gasteiger partial charge in [0.25, 0.3) is 0 Å².